The van der Waals surface area contributed by atoms with Gasteiger partial charge in [-0.1, -0.05) is 13.0 Å². The van der Waals surface area contributed by atoms with Crippen LogP contribution in [0.25, 0.3) is 0 Å². The molecule has 0 saturated carbocycles. The number of pyridine rings is 2. The predicted octanol–water partition coefficient (Wildman–Crippen LogP) is 2.31. The molecular formula is C20H23N5O3. The molecule has 2 bridgehead atoms. The van der Waals surface area contributed by atoms with Crippen LogP contribution < -0.4 is 15.1 Å². The molecule has 0 unspecified atom stereocenters. The van der Waals surface area contributed by atoms with Gasteiger partial charge < -0.3 is 10.0 Å². The number of fused-ring (bicyclic) bond motifs is 4. The van der Waals surface area contributed by atoms with Crippen molar-refractivity contribution in [3.8, 4) is 0 Å². The van der Waals surface area contributed by atoms with Gasteiger partial charge in [-0.3, -0.25) is 15.0 Å². The van der Waals surface area contributed by atoms with E-state index in [9.17, 15) is 14.7 Å². The lowest BCUT2D eigenvalue weighted by atomic mass is 10.0. The Morgan fingerprint density at radius 3 is 2.93 bits per heavy atom. The summed E-state index contributed by atoms with van der Waals surface area (Å²) in [5, 5.41) is 12.0. The number of ketones is 1. The third-order valence-electron chi connectivity index (χ3n) is 5.20. The molecule has 2 amide bonds. The Morgan fingerprint density at radius 1 is 1.32 bits per heavy atom. The molecule has 8 nitrogen and oxygen atoms in total. The highest BCUT2D eigenvalue weighted by Gasteiger charge is 2.40. The van der Waals surface area contributed by atoms with Gasteiger partial charge in [0.25, 0.3) is 0 Å². The van der Waals surface area contributed by atoms with Crippen molar-refractivity contribution in [3.63, 3.8) is 0 Å². The third kappa shape index (κ3) is 3.43. The van der Waals surface area contributed by atoms with Crippen LogP contribution in [-0.2, 0) is 0 Å². The molecule has 1 saturated heterocycles. The summed E-state index contributed by atoms with van der Waals surface area (Å²) in [5.74, 6) is 0.708. The Labute approximate surface area is 163 Å². The summed E-state index contributed by atoms with van der Waals surface area (Å²) >= 11 is 0. The fourth-order valence-electron chi connectivity index (χ4n) is 3.72. The Morgan fingerprint density at radius 2 is 2.18 bits per heavy atom. The Kier molecular flexibility index (Phi) is 4.95. The maximum Gasteiger partial charge on any atom is 0.329 e. The largest absolute Gasteiger partial charge is 0.396 e. The summed E-state index contributed by atoms with van der Waals surface area (Å²) in [4.78, 5) is 38.1. The zero-order valence-electron chi connectivity index (χ0n) is 15.7. The van der Waals surface area contributed by atoms with E-state index in [1.165, 1.54) is 0 Å². The zero-order chi connectivity index (χ0) is 19.7. The van der Waals surface area contributed by atoms with Crippen LogP contribution in [-0.4, -0.2) is 52.6 Å². The lowest BCUT2D eigenvalue weighted by Crippen LogP contribution is -2.48. The van der Waals surface area contributed by atoms with Crippen LogP contribution >= 0.6 is 0 Å². The summed E-state index contributed by atoms with van der Waals surface area (Å²) in [6.07, 6.45) is 2.68. The lowest BCUT2D eigenvalue weighted by molar-refractivity contribution is 0.0938. The fourth-order valence-corrected chi connectivity index (χ4v) is 3.72. The van der Waals surface area contributed by atoms with E-state index < -0.39 is 0 Å². The number of nitrogens with one attached hydrogen (secondary N) is 1. The molecule has 0 aliphatic carbocycles. The Balaban J connectivity index is 1.65. The maximum absolute atomic E-state index is 13.0. The molecule has 28 heavy (non-hydrogen) atoms. The number of aliphatic hydroxyl groups is 1. The maximum atomic E-state index is 13.0. The van der Waals surface area contributed by atoms with Gasteiger partial charge in [-0.05, 0) is 36.6 Å². The first-order chi connectivity index (χ1) is 13.6. The monoisotopic (exact) mass is 381 g/mol. The molecule has 0 spiro atoms. The molecule has 2 N–H and O–H groups in total. The first-order valence-corrected chi connectivity index (χ1v) is 9.48. The van der Waals surface area contributed by atoms with Crippen LogP contribution in [0.15, 0.2) is 36.5 Å². The second kappa shape index (κ2) is 7.55. The van der Waals surface area contributed by atoms with E-state index in [2.05, 4.69) is 20.2 Å². The number of aliphatic hydroxyl groups excluding tert-OH is 1. The lowest BCUT2D eigenvalue weighted by Gasteiger charge is -2.35. The van der Waals surface area contributed by atoms with Crippen LogP contribution in [0.3, 0.4) is 0 Å². The predicted molar refractivity (Wildman–Crippen MR) is 106 cm³/mol. The van der Waals surface area contributed by atoms with Crippen molar-refractivity contribution in [1.82, 2.24) is 9.97 Å². The van der Waals surface area contributed by atoms with Crippen LogP contribution in [0.2, 0.25) is 0 Å². The summed E-state index contributed by atoms with van der Waals surface area (Å²) in [5.41, 5.74) is 1.17. The SMILES string of the molecule is C[C@@H](CO)CC(=O)c1ccc2c(n1)N(C(=O)Nc1ccccn1)[C@H]1CCN2C1. The number of carbonyl (C=O) groups excluding carboxylic acids is 2. The highest BCUT2D eigenvalue weighted by atomic mass is 16.3. The van der Waals surface area contributed by atoms with E-state index in [-0.39, 0.29) is 36.8 Å². The molecule has 2 aliphatic rings. The number of Topliss-reactive ketones (excluding diaryl/α,β-unsaturated/α-hetero) is 1. The topological polar surface area (TPSA) is 98.7 Å². The van der Waals surface area contributed by atoms with Gasteiger partial charge in [0.05, 0.1) is 11.7 Å². The van der Waals surface area contributed by atoms with Crippen LogP contribution in [0.1, 0.15) is 30.3 Å². The van der Waals surface area contributed by atoms with Crippen molar-refractivity contribution < 1.29 is 14.7 Å². The first-order valence-electron chi connectivity index (χ1n) is 9.48. The van der Waals surface area contributed by atoms with Crippen LogP contribution in [0.4, 0.5) is 22.1 Å². The minimum Gasteiger partial charge on any atom is -0.396 e. The average Bonchev–Trinajstić information content (AvgIpc) is 3.12. The number of rotatable bonds is 5. The van der Waals surface area contributed by atoms with Crippen molar-refractivity contribution in [2.45, 2.75) is 25.8 Å². The van der Waals surface area contributed by atoms with Crippen LogP contribution in [0.5, 0.6) is 0 Å². The number of hydrogen-bond donors (Lipinski definition) is 2. The van der Waals surface area contributed by atoms with E-state index >= 15 is 0 Å². The summed E-state index contributed by atoms with van der Waals surface area (Å²) < 4.78 is 0. The van der Waals surface area contributed by atoms with Gasteiger partial charge in [-0.2, -0.15) is 0 Å². The van der Waals surface area contributed by atoms with E-state index in [1.807, 2.05) is 13.0 Å². The summed E-state index contributed by atoms with van der Waals surface area (Å²) in [7, 11) is 0. The van der Waals surface area contributed by atoms with Gasteiger partial charge >= 0.3 is 6.03 Å². The number of aromatic nitrogens is 2. The minimum atomic E-state index is -0.299. The molecule has 4 rings (SSSR count). The Hall–Kier alpha value is -3.00. The minimum absolute atomic E-state index is 0.00503. The Bertz CT molecular complexity index is 889. The van der Waals surface area contributed by atoms with E-state index in [0.29, 0.717) is 17.3 Å². The number of amides is 2. The van der Waals surface area contributed by atoms with Gasteiger partial charge in [0, 0.05) is 32.3 Å². The average molecular weight is 381 g/mol. The zero-order valence-corrected chi connectivity index (χ0v) is 15.7. The van der Waals surface area contributed by atoms with Crippen molar-refractivity contribution >= 4 is 29.1 Å². The van der Waals surface area contributed by atoms with Crippen molar-refractivity contribution in [1.29, 1.82) is 0 Å². The smallest absolute Gasteiger partial charge is 0.329 e. The first kappa shape index (κ1) is 18.4. The van der Waals surface area contributed by atoms with Gasteiger partial charge in [0.15, 0.2) is 11.6 Å². The van der Waals surface area contributed by atoms with E-state index in [4.69, 9.17) is 0 Å². The summed E-state index contributed by atoms with van der Waals surface area (Å²) in [6, 6.07) is 8.60. The van der Waals surface area contributed by atoms with Gasteiger partial charge in [0.1, 0.15) is 11.5 Å². The van der Waals surface area contributed by atoms with Crippen LogP contribution in [0, 0.1) is 5.92 Å². The van der Waals surface area contributed by atoms with Crippen molar-refractivity contribution in [3.05, 3.63) is 42.2 Å². The highest BCUT2D eigenvalue weighted by Crippen LogP contribution is 2.39. The molecule has 2 atom stereocenters. The molecule has 8 heteroatoms. The normalized spacial score (nSPS) is 18.6. The number of hydrogen-bond acceptors (Lipinski definition) is 6. The fraction of sp³-hybridized carbons (Fsp3) is 0.400. The quantitative estimate of drug-likeness (QED) is 0.771. The third-order valence-corrected chi connectivity index (χ3v) is 5.20. The highest BCUT2D eigenvalue weighted by molar-refractivity contribution is 6.05. The molecular weight excluding hydrogens is 358 g/mol. The number of urea groups is 1. The molecule has 2 aromatic heterocycles. The number of carbonyl (C=O) groups is 2. The number of nitrogens with zero attached hydrogens (tertiary/aromatic N) is 4. The second-order valence-corrected chi connectivity index (χ2v) is 7.36. The number of anilines is 3. The van der Waals surface area contributed by atoms with Gasteiger partial charge in [-0.15, -0.1) is 0 Å². The molecule has 0 aromatic carbocycles. The molecule has 146 valence electrons. The van der Waals surface area contributed by atoms with Gasteiger partial charge in [0.2, 0.25) is 0 Å². The molecule has 0 radical (unpaired) electrons. The summed E-state index contributed by atoms with van der Waals surface area (Å²) in [6.45, 7) is 3.36. The molecule has 2 aromatic rings. The van der Waals surface area contributed by atoms with Crippen molar-refractivity contribution in [2.75, 3.05) is 34.8 Å². The van der Waals surface area contributed by atoms with Gasteiger partial charge in [-0.25, -0.2) is 14.8 Å². The van der Waals surface area contributed by atoms with Crippen molar-refractivity contribution in [2.24, 2.45) is 5.92 Å². The van der Waals surface area contributed by atoms with E-state index in [0.717, 1.165) is 25.2 Å². The van der Waals surface area contributed by atoms with E-state index in [1.54, 1.807) is 35.4 Å². The molecule has 1 fully saturated rings. The standard InChI is InChI=1S/C20H23N5O3/c1-13(12-26)10-17(27)15-5-6-16-19(22-15)25(14-7-9-24(16)11-14)20(28)23-18-4-2-3-8-21-18/h2-6,8,13-14,26H,7,9-12H2,1H3,(H,21,23,28)/t13-,14+/m1/s1. The molecule has 2 aliphatic heterocycles. The molecule has 4 heterocycles. The second-order valence-electron chi connectivity index (χ2n) is 7.36.